The molecule has 0 fully saturated rings. The second-order valence-corrected chi connectivity index (χ2v) is 6.35. The summed E-state index contributed by atoms with van der Waals surface area (Å²) in [4.78, 5) is 5.72. The minimum Gasteiger partial charge on any atom is -0.387 e. The number of aliphatic hydroxyl groups excluding tert-OH is 1. The minimum atomic E-state index is -0.423. The SMILES string of the molecule is OC1CCCc2sc(-c3cc(Cl)cc(Cl)c3)nc21. The highest BCUT2D eigenvalue weighted by Crippen LogP contribution is 2.38. The Morgan fingerprint density at radius 1 is 1.22 bits per heavy atom. The monoisotopic (exact) mass is 299 g/mol. The summed E-state index contributed by atoms with van der Waals surface area (Å²) >= 11 is 13.6. The van der Waals surface area contributed by atoms with E-state index in [-0.39, 0.29) is 0 Å². The van der Waals surface area contributed by atoms with Gasteiger partial charge < -0.3 is 5.11 Å². The molecule has 1 aliphatic rings. The van der Waals surface area contributed by atoms with Gasteiger partial charge in [0.15, 0.2) is 0 Å². The molecular weight excluding hydrogens is 289 g/mol. The number of nitrogens with zero attached hydrogens (tertiary/aromatic N) is 1. The van der Waals surface area contributed by atoms with Crippen LogP contribution in [0.25, 0.3) is 10.6 Å². The van der Waals surface area contributed by atoms with E-state index in [4.69, 9.17) is 23.2 Å². The topological polar surface area (TPSA) is 33.1 Å². The maximum Gasteiger partial charge on any atom is 0.124 e. The van der Waals surface area contributed by atoms with Gasteiger partial charge in [0.05, 0.1) is 11.8 Å². The third kappa shape index (κ3) is 2.28. The lowest BCUT2D eigenvalue weighted by Gasteiger charge is -2.14. The lowest BCUT2D eigenvalue weighted by molar-refractivity contribution is 0.153. The fraction of sp³-hybridized carbons (Fsp3) is 0.308. The van der Waals surface area contributed by atoms with Crippen LogP contribution in [0.15, 0.2) is 18.2 Å². The number of aryl methyl sites for hydroxylation is 1. The molecule has 2 nitrogen and oxygen atoms in total. The molecule has 5 heteroatoms. The maximum atomic E-state index is 9.92. The highest BCUT2D eigenvalue weighted by Gasteiger charge is 2.23. The number of hydrogen-bond donors (Lipinski definition) is 1. The van der Waals surface area contributed by atoms with Crippen LogP contribution in [0.4, 0.5) is 0 Å². The summed E-state index contributed by atoms with van der Waals surface area (Å²) in [5, 5.41) is 12.0. The first-order chi connectivity index (χ1) is 8.63. The van der Waals surface area contributed by atoms with Crippen molar-refractivity contribution in [2.24, 2.45) is 0 Å². The van der Waals surface area contributed by atoms with E-state index in [9.17, 15) is 5.11 Å². The standard InChI is InChI=1S/C13H11Cl2NOS/c14-8-4-7(5-9(15)6-8)13-16-12-10(17)2-1-3-11(12)18-13/h4-6,10,17H,1-3H2. The first kappa shape index (κ1) is 12.4. The molecule has 1 heterocycles. The quantitative estimate of drug-likeness (QED) is 0.842. The van der Waals surface area contributed by atoms with Crippen molar-refractivity contribution in [3.05, 3.63) is 38.8 Å². The van der Waals surface area contributed by atoms with Crippen LogP contribution in [0.1, 0.15) is 29.5 Å². The zero-order valence-electron chi connectivity index (χ0n) is 9.49. The summed E-state index contributed by atoms with van der Waals surface area (Å²) in [6.07, 6.45) is 2.39. The largest absolute Gasteiger partial charge is 0.387 e. The molecule has 0 radical (unpaired) electrons. The van der Waals surface area contributed by atoms with Crippen molar-refractivity contribution in [1.82, 2.24) is 4.98 Å². The summed E-state index contributed by atoms with van der Waals surface area (Å²) < 4.78 is 0. The number of hydrogen-bond acceptors (Lipinski definition) is 3. The molecule has 0 saturated carbocycles. The van der Waals surface area contributed by atoms with Crippen LogP contribution in [0.3, 0.4) is 0 Å². The third-order valence-corrected chi connectivity index (χ3v) is 4.65. The Hall–Kier alpha value is -0.610. The average Bonchev–Trinajstić information content (AvgIpc) is 2.73. The first-order valence-corrected chi connectivity index (χ1v) is 7.35. The molecule has 0 spiro atoms. The van der Waals surface area contributed by atoms with Gasteiger partial charge in [-0.05, 0) is 37.5 Å². The van der Waals surface area contributed by atoms with E-state index in [0.717, 1.165) is 35.5 Å². The number of halogens is 2. The van der Waals surface area contributed by atoms with Gasteiger partial charge >= 0.3 is 0 Å². The molecule has 1 N–H and O–H groups in total. The van der Waals surface area contributed by atoms with Crippen LogP contribution in [-0.2, 0) is 6.42 Å². The van der Waals surface area contributed by atoms with Crippen LogP contribution in [0.2, 0.25) is 10.0 Å². The van der Waals surface area contributed by atoms with Crippen molar-refractivity contribution >= 4 is 34.5 Å². The Labute approximate surface area is 119 Å². The molecule has 2 aromatic rings. The molecule has 3 rings (SSSR count). The fourth-order valence-corrected chi connectivity index (χ4v) is 3.87. The fourth-order valence-electron chi connectivity index (χ4n) is 2.20. The van der Waals surface area contributed by atoms with Crippen LogP contribution in [0, 0.1) is 0 Å². The summed E-state index contributed by atoms with van der Waals surface area (Å²) in [5.41, 5.74) is 1.75. The van der Waals surface area contributed by atoms with Gasteiger partial charge in [-0.1, -0.05) is 23.2 Å². The molecule has 1 aliphatic carbocycles. The molecule has 1 aromatic heterocycles. The van der Waals surface area contributed by atoms with Crippen molar-refractivity contribution in [3.63, 3.8) is 0 Å². The highest BCUT2D eigenvalue weighted by atomic mass is 35.5. The average molecular weight is 300 g/mol. The van der Waals surface area contributed by atoms with Crippen molar-refractivity contribution < 1.29 is 5.11 Å². The van der Waals surface area contributed by atoms with Gasteiger partial charge in [0.25, 0.3) is 0 Å². The van der Waals surface area contributed by atoms with Crippen LogP contribution < -0.4 is 0 Å². The third-order valence-electron chi connectivity index (χ3n) is 3.03. The number of fused-ring (bicyclic) bond motifs is 1. The molecule has 1 atom stereocenters. The van der Waals surface area contributed by atoms with E-state index in [0.29, 0.717) is 10.0 Å². The molecule has 0 aliphatic heterocycles. The predicted molar refractivity (Wildman–Crippen MR) is 75.5 cm³/mol. The lowest BCUT2D eigenvalue weighted by Crippen LogP contribution is -2.07. The Morgan fingerprint density at radius 2 is 1.94 bits per heavy atom. The van der Waals surface area contributed by atoms with Gasteiger partial charge in [-0.25, -0.2) is 4.98 Å². The zero-order valence-corrected chi connectivity index (χ0v) is 11.8. The predicted octanol–water partition coefficient (Wildman–Crippen LogP) is 4.49. The number of benzene rings is 1. The Balaban J connectivity index is 2.07. The lowest BCUT2D eigenvalue weighted by atomic mass is 10.0. The molecule has 18 heavy (non-hydrogen) atoms. The van der Waals surface area contributed by atoms with E-state index >= 15 is 0 Å². The van der Waals surface area contributed by atoms with Crippen molar-refractivity contribution in [2.45, 2.75) is 25.4 Å². The number of aromatic nitrogens is 1. The Kier molecular flexibility index (Phi) is 3.32. The number of aliphatic hydroxyl groups is 1. The van der Waals surface area contributed by atoms with E-state index in [2.05, 4.69) is 4.98 Å². The van der Waals surface area contributed by atoms with E-state index < -0.39 is 6.10 Å². The van der Waals surface area contributed by atoms with E-state index in [1.165, 1.54) is 4.88 Å². The Bertz CT molecular complexity index is 576. The number of thiazole rings is 1. The molecule has 1 unspecified atom stereocenters. The van der Waals surface area contributed by atoms with Crippen LogP contribution in [-0.4, -0.2) is 10.1 Å². The molecule has 0 bridgehead atoms. The summed E-state index contributed by atoms with van der Waals surface area (Å²) in [6.45, 7) is 0. The summed E-state index contributed by atoms with van der Waals surface area (Å²) in [6, 6.07) is 5.41. The molecule has 0 saturated heterocycles. The molecule has 0 amide bonds. The van der Waals surface area contributed by atoms with Gasteiger partial charge in [-0.3, -0.25) is 0 Å². The smallest absolute Gasteiger partial charge is 0.124 e. The van der Waals surface area contributed by atoms with Gasteiger partial charge in [0, 0.05) is 20.5 Å². The van der Waals surface area contributed by atoms with E-state index in [1.54, 1.807) is 17.4 Å². The second-order valence-electron chi connectivity index (χ2n) is 4.39. The van der Waals surface area contributed by atoms with Gasteiger partial charge in [0.2, 0.25) is 0 Å². The van der Waals surface area contributed by atoms with Gasteiger partial charge in [0.1, 0.15) is 5.01 Å². The minimum absolute atomic E-state index is 0.423. The normalized spacial score (nSPS) is 18.7. The van der Waals surface area contributed by atoms with Crippen molar-refractivity contribution in [2.75, 3.05) is 0 Å². The van der Waals surface area contributed by atoms with Crippen molar-refractivity contribution in [3.8, 4) is 10.6 Å². The van der Waals surface area contributed by atoms with Crippen LogP contribution >= 0.6 is 34.5 Å². The van der Waals surface area contributed by atoms with Crippen LogP contribution in [0.5, 0.6) is 0 Å². The van der Waals surface area contributed by atoms with Gasteiger partial charge in [-0.15, -0.1) is 11.3 Å². The highest BCUT2D eigenvalue weighted by molar-refractivity contribution is 7.15. The first-order valence-electron chi connectivity index (χ1n) is 5.77. The summed E-state index contributed by atoms with van der Waals surface area (Å²) in [7, 11) is 0. The number of rotatable bonds is 1. The Morgan fingerprint density at radius 3 is 2.61 bits per heavy atom. The second kappa shape index (κ2) is 4.82. The van der Waals surface area contributed by atoms with Crippen molar-refractivity contribution in [1.29, 1.82) is 0 Å². The molecule has 94 valence electrons. The zero-order chi connectivity index (χ0) is 12.7. The van der Waals surface area contributed by atoms with Gasteiger partial charge in [-0.2, -0.15) is 0 Å². The molecule has 1 aromatic carbocycles. The summed E-state index contributed by atoms with van der Waals surface area (Å²) in [5.74, 6) is 0. The maximum absolute atomic E-state index is 9.92. The van der Waals surface area contributed by atoms with E-state index in [1.807, 2.05) is 12.1 Å². The molecular formula is C13H11Cl2NOS.